The summed E-state index contributed by atoms with van der Waals surface area (Å²) >= 11 is 0. The quantitative estimate of drug-likeness (QED) is 0.702. The lowest BCUT2D eigenvalue weighted by Gasteiger charge is -2.06. The van der Waals surface area contributed by atoms with E-state index in [0.29, 0.717) is 12.5 Å². The van der Waals surface area contributed by atoms with Gasteiger partial charge in [0.05, 0.1) is 19.8 Å². The van der Waals surface area contributed by atoms with Gasteiger partial charge in [-0.15, -0.1) is 0 Å². The number of methoxy groups -OCH3 is 3. The number of hydrogen-bond acceptors (Lipinski definition) is 4. The molecule has 0 aliphatic rings. The van der Waals surface area contributed by atoms with Crippen LogP contribution in [-0.2, 0) is 14.2 Å². The van der Waals surface area contributed by atoms with Crippen LogP contribution in [0, 0.1) is 11.8 Å². The van der Waals surface area contributed by atoms with Gasteiger partial charge in [0, 0.05) is 39.8 Å². The molecule has 0 saturated heterocycles. The van der Waals surface area contributed by atoms with Gasteiger partial charge in [-0.25, -0.2) is 0 Å². The van der Waals surface area contributed by atoms with Crippen molar-refractivity contribution in [3.05, 3.63) is 0 Å². The van der Waals surface area contributed by atoms with Gasteiger partial charge in [0.25, 0.3) is 0 Å². The number of rotatable bonds is 7. The highest BCUT2D eigenvalue weighted by Gasteiger charge is 1.97. The fraction of sp³-hybridized carbons (Fsp3) is 1.00. The molecule has 0 aromatic rings. The van der Waals surface area contributed by atoms with E-state index in [2.05, 4.69) is 6.92 Å². The molecular formula is C11H26O4. The molecule has 0 aliphatic carbocycles. The van der Waals surface area contributed by atoms with Crippen molar-refractivity contribution in [3.8, 4) is 0 Å². The first-order chi connectivity index (χ1) is 7.12. The van der Waals surface area contributed by atoms with E-state index in [1.807, 2.05) is 6.92 Å². The van der Waals surface area contributed by atoms with Gasteiger partial charge in [-0.3, -0.25) is 0 Å². The van der Waals surface area contributed by atoms with Crippen molar-refractivity contribution in [2.24, 2.45) is 11.8 Å². The van der Waals surface area contributed by atoms with Crippen molar-refractivity contribution in [1.29, 1.82) is 0 Å². The summed E-state index contributed by atoms with van der Waals surface area (Å²) < 4.78 is 14.5. The fourth-order valence-corrected chi connectivity index (χ4v) is 0.954. The van der Waals surface area contributed by atoms with Crippen LogP contribution in [0.1, 0.15) is 13.8 Å². The predicted molar refractivity (Wildman–Crippen MR) is 61.0 cm³/mol. The molecule has 1 N–H and O–H groups in total. The molecule has 0 aromatic heterocycles. The summed E-state index contributed by atoms with van der Waals surface area (Å²) in [5.41, 5.74) is 0. The molecule has 0 bridgehead atoms. The molecule has 0 spiro atoms. The summed E-state index contributed by atoms with van der Waals surface area (Å²) in [6, 6.07) is 0. The lowest BCUT2D eigenvalue weighted by atomic mass is 10.2. The Morgan fingerprint density at radius 1 is 0.800 bits per heavy atom. The maximum atomic E-state index is 8.39. The molecule has 0 aromatic carbocycles. The van der Waals surface area contributed by atoms with Gasteiger partial charge < -0.3 is 19.3 Å². The molecule has 1 unspecified atom stereocenters. The highest BCUT2D eigenvalue weighted by Crippen LogP contribution is 1.93. The Labute approximate surface area is 93.5 Å². The van der Waals surface area contributed by atoms with E-state index in [1.54, 1.807) is 21.3 Å². The van der Waals surface area contributed by atoms with Crippen LogP contribution in [0.4, 0.5) is 0 Å². The maximum absolute atomic E-state index is 8.39. The third-order valence-electron chi connectivity index (χ3n) is 1.67. The summed E-state index contributed by atoms with van der Waals surface area (Å²) in [4.78, 5) is 0. The van der Waals surface area contributed by atoms with Crippen LogP contribution < -0.4 is 0 Å². The number of aliphatic hydroxyl groups is 1. The van der Waals surface area contributed by atoms with E-state index >= 15 is 0 Å². The summed E-state index contributed by atoms with van der Waals surface area (Å²) in [6.07, 6.45) is 0. The van der Waals surface area contributed by atoms with Crippen LogP contribution in [0.3, 0.4) is 0 Å². The Bertz CT molecular complexity index is 103. The first kappa shape index (κ1) is 17.2. The fourth-order valence-electron chi connectivity index (χ4n) is 0.954. The van der Waals surface area contributed by atoms with Crippen LogP contribution in [0.5, 0.6) is 0 Å². The topological polar surface area (TPSA) is 47.9 Å². The zero-order valence-corrected chi connectivity index (χ0v) is 10.7. The van der Waals surface area contributed by atoms with E-state index in [1.165, 1.54) is 0 Å². The minimum Gasteiger partial charge on any atom is -0.396 e. The average molecular weight is 222 g/mol. The second-order valence-electron chi connectivity index (χ2n) is 3.76. The van der Waals surface area contributed by atoms with Crippen LogP contribution in [0.2, 0.25) is 0 Å². The van der Waals surface area contributed by atoms with Crippen molar-refractivity contribution in [3.63, 3.8) is 0 Å². The smallest absolute Gasteiger partial charge is 0.0509 e. The highest BCUT2D eigenvalue weighted by molar-refractivity contribution is 4.45. The molecule has 0 saturated carbocycles. The molecule has 0 amide bonds. The molecule has 1 atom stereocenters. The lowest BCUT2D eigenvalue weighted by molar-refractivity contribution is 0.0933. The van der Waals surface area contributed by atoms with Crippen molar-refractivity contribution >= 4 is 0 Å². The maximum Gasteiger partial charge on any atom is 0.0509 e. The average Bonchev–Trinajstić information content (AvgIpc) is 2.20. The number of ether oxygens (including phenoxy) is 3. The van der Waals surface area contributed by atoms with Crippen molar-refractivity contribution in [2.75, 3.05) is 47.8 Å². The Kier molecular flexibility index (Phi) is 15.9. The highest BCUT2D eigenvalue weighted by atomic mass is 16.5. The van der Waals surface area contributed by atoms with E-state index < -0.39 is 0 Å². The van der Waals surface area contributed by atoms with Gasteiger partial charge in [0.15, 0.2) is 0 Å². The van der Waals surface area contributed by atoms with Crippen LogP contribution in [-0.4, -0.2) is 52.9 Å². The Morgan fingerprint density at radius 3 is 1.33 bits per heavy atom. The minimum atomic E-state index is 0.216. The molecule has 0 fully saturated rings. The molecule has 15 heavy (non-hydrogen) atoms. The summed E-state index contributed by atoms with van der Waals surface area (Å²) in [7, 11) is 5.03. The molecule has 0 rings (SSSR count). The van der Waals surface area contributed by atoms with Gasteiger partial charge in [0.2, 0.25) is 0 Å². The summed E-state index contributed by atoms with van der Waals surface area (Å²) in [5, 5.41) is 8.39. The first-order valence-corrected chi connectivity index (χ1v) is 5.19. The van der Waals surface area contributed by atoms with Crippen molar-refractivity contribution < 1.29 is 19.3 Å². The lowest BCUT2D eigenvalue weighted by Crippen LogP contribution is -2.09. The van der Waals surface area contributed by atoms with Crippen LogP contribution >= 0.6 is 0 Å². The zero-order chi connectivity index (χ0) is 12.1. The SMILES string of the molecule is COCC(C)CO.COCC(C)COC. The van der Waals surface area contributed by atoms with E-state index in [-0.39, 0.29) is 12.5 Å². The second kappa shape index (κ2) is 13.8. The molecule has 94 valence electrons. The molecule has 4 nitrogen and oxygen atoms in total. The standard InChI is InChI=1S/C6H14O2.C5H12O2/c1-6(4-7-2)5-8-3;1-5(3-6)4-7-2/h6H,4-5H2,1-3H3;5-6H,3-4H2,1-2H3. The first-order valence-electron chi connectivity index (χ1n) is 5.19. The molecular weight excluding hydrogens is 196 g/mol. The normalized spacial score (nSPS) is 12.2. The largest absolute Gasteiger partial charge is 0.396 e. The van der Waals surface area contributed by atoms with Crippen LogP contribution in [0.15, 0.2) is 0 Å². The summed E-state index contributed by atoms with van der Waals surface area (Å²) in [6.45, 7) is 6.46. The zero-order valence-electron chi connectivity index (χ0n) is 10.7. The molecule has 0 radical (unpaired) electrons. The molecule has 4 heteroatoms. The Hall–Kier alpha value is -0.160. The number of aliphatic hydroxyl groups excluding tert-OH is 1. The Morgan fingerprint density at radius 2 is 1.13 bits per heavy atom. The molecule has 0 heterocycles. The van der Waals surface area contributed by atoms with Gasteiger partial charge >= 0.3 is 0 Å². The Balaban J connectivity index is 0. The summed E-state index contributed by atoms with van der Waals surface area (Å²) in [5.74, 6) is 0.801. The second-order valence-corrected chi connectivity index (χ2v) is 3.76. The number of hydrogen-bond donors (Lipinski definition) is 1. The van der Waals surface area contributed by atoms with E-state index in [0.717, 1.165) is 13.2 Å². The van der Waals surface area contributed by atoms with Gasteiger partial charge in [-0.1, -0.05) is 13.8 Å². The van der Waals surface area contributed by atoms with Gasteiger partial charge in [-0.2, -0.15) is 0 Å². The third kappa shape index (κ3) is 16.5. The van der Waals surface area contributed by atoms with E-state index in [4.69, 9.17) is 19.3 Å². The van der Waals surface area contributed by atoms with E-state index in [9.17, 15) is 0 Å². The van der Waals surface area contributed by atoms with Gasteiger partial charge in [0.1, 0.15) is 0 Å². The van der Waals surface area contributed by atoms with Gasteiger partial charge in [-0.05, 0) is 0 Å². The molecule has 0 aliphatic heterocycles. The predicted octanol–water partition coefficient (Wildman–Crippen LogP) is 1.18. The van der Waals surface area contributed by atoms with Crippen LogP contribution in [0.25, 0.3) is 0 Å². The minimum absolute atomic E-state index is 0.216. The monoisotopic (exact) mass is 222 g/mol. The third-order valence-corrected chi connectivity index (χ3v) is 1.67. The van der Waals surface area contributed by atoms with Crippen molar-refractivity contribution in [1.82, 2.24) is 0 Å². The van der Waals surface area contributed by atoms with Crippen molar-refractivity contribution in [2.45, 2.75) is 13.8 Å².